The molecule has 0 amide bonds. The highest BCUT2D eigenvalue weighted by molar-refractivity contribution is 5.85. The maximum atomic E-state index is 14.5. The van der Waals surface area contributed by atoms with E-state index in [4.69, 9.17) is 0 Å². The van der Waals surface area contributed by atoms with Gasteiger partial charge in [-0.25, -0.2) is 23.7 Å². The van der Waals surface area contributed by atoms with Crippen molar-refractivity contribution in [1.29, 1.82) is 0 Å². The van der Waals surface area contributed by atoms with Crippen LogP contribution in [0.2, 0.25) is 0 Å². The number of hydrogen-bond donors (Lipinski definition) is 1. The van der Waals surface area contributed by atoms with Crippen LogP contribution in [0.4, 0.5) is 26.2 Å². The first-order chi connectivity index (χ1) is 15.6. The van der Waals surface area contributed by atoms with Gasteiger partial charge in [-0.05, 0) is 37.4 Å². The number of aromatic nitrogens is 4. The molecule has 1 aliphatic heterocycles. The summed E-state index contributed by atoms with van der Waals surface area (Å²) in [5.74, 6) is -0.467. The minimum absolute atomic E-state index is 0. The highest BCUT2D eigenvalue weighted by Gasteiger charge is 2.16. The van der Waals surface area contributed by atoms with Crippen LogP contribution >= 0.6 is 12.4 Å². The molecule has 3 aromatic heterocycles. The fourth-order valence-electron chi connectivity index (χ4n) is 3.74. The second-order valence-corrected chi connectivity index (χ2v) is 7.74. The predicted octanol–water partition coefficient (Wildman–Crippen LogP) is 4.28. The van der Waals surface area contributed by atoms with Gasteiger partial charge in [0.25, 0.3) is 0 Å². The number of likely N-dealkylation sites (N-methyl/N-ethyl adjacent to an activating group) is 1. The van der Waals surface area contributed by atoms with Crippen molar-refractivity contribution in [2.75, 3.05) is 43.4 Å². The molecule has 4 aromatic rings. The second kappa shape index (κ2) is 9.60. The lowest BCUT2D eigenvalue weighted by Crippen LogP contribution is -2.44. The van der Waals surface area contributed by atoms with Crippen LogP contribution in [0.3, 0.4) is 0 Å². The molecule has 0 aliphatic carbocycles. The van der Waals surface area contributed by atoms with Gasteiger partial charge < -0.3 is 15.1 Å². The maximum absolute atomic E-state index is 14.5. The summed E-state index contributed by atoms with van der Waals surface area (Å²) >= 11 is 0. The molecule has 1 aliphatic rings. The van der Waals surface area contributed by atoms with E-state index in [0.717, 1.165) is 38.1 Å². The molecule has 0 spiro atoms. The first-order valence-electron chi connectivity index (χ1n) is 10.3. The number of pyridine rings is 2. The normalized spacial score (nSPS) is 14.2. The summed E-state index contributed by atoms with van der Waals surface area (Å²) in [6, 6.07) is 10.1. The Morgan fingerprint density at radius 3 is 2.48 bits per heavy atom. The lowest BCUT2D eigenvalue weighted by atomic mass is 10.1. The summed E-state index contributed by atoms with van der Waals surface area (Å²) in [6.45, 7) is 3.93. The number of benzene rings is 1. The zero-order valence-corrected chi connectivity index (χ0v) is 18.7. The molecule has 1 saturated heterocycles. The third-order valence-electron chi connectivity index (χ3n) is 5.53. The van der Waals surface area contributed by atoms with E-state index in [1.807, 2.05) is 12.1 Å². The van der Waals surface area contributed by atoms with Gasteiger partial charge in [0.05, 0.1) is 18.1 Å². The highest BCUT2D eigenvalue weighted by atomic mass is 35.5. The number of nitrogens with one attached hydrogen (secondary N) is 1. The average molecular weight is 470 g/mol. The zero-order chi connectivity index (χ0) is 22.1. The predicted molar refractivity (Wildman–Crippen MR) is 127 cm³/mol. The molecule has 1 N–H and O–H groups in total. The van der Waals surface area contributed by atoms with Crippen molar-refractivity contribution in [2.24, 2.45) is 0 Å². The van der Waals surface area contributed by atoms with Gasteiger partial charge in [-0.1, -0.05) is 6.07 Å². The van der Waals surface area contributed by atoms with Crippen molar-refractivity contribution in [3.63, 3.8) is 0 Å². The smallest absolute Gasteiger partial charge is 0.229 e. The monoisotopic (exact) mass is 469 g/mol. The van der Waals surface area contributed by atoms with Crippen molar-refractivity contribution >= 4 is 40.8 Å². The van der Waals surface area contributed by atoms with Crippen molar-refractivity contribution < 1.29 is 8.78 Å². The number of fused-ring (bicyclic) bond motifs is 1. The number of anilines is 3. The van der Waals surface area contributed by atoms with Crippen LogP contribution in [0.25, 0.3) is 22.2 Å². The van der Waals surface area contributed by atoms with Gasteiger partial charge in [-0.2, -0.15) is 0 Å². The standard InChI is InChI=1S/C23H21F2N7.ClH/c1-31-7-9-32(10-8-31)17-4-5-20(27-13-17)29-23-28-14-19(25)22(30-23)16-11-15-3-2-6-26-21(15)18(24)12-16;/h2-6,11-14H,7-10H2,1H3,(H,27,28,29,30);1H. The van der Waals surface area contributed by atoms with Gasteiger partial charge in [0.1, 0.15) is 22.8 Å². The summed E-state index contributed by atoms with van der Waals surface area (Å²) in [7, 11) is 2.11. The average Bonchev–Trinajstić information content (AvgIpc) is 2.81. The molecule has 0 atom stereocenters. The fraction of sp³-hybridized carbons (Fsp3) is 0.217. The van der Waals surface area contributed by atoms with Crippen molar-refractivity contribution in [3.05, 3.63) is 66.6 Å². The molecule has 33 heavy (non-hydrogen) atoms. The summed E-state index contributed by atoms with van der Waals surface area (Å²) in [5, 5.41) is 3.56. The lowest BCUT2D eigenvalue weighted by Gasteiger charge is -2.33. The van der Waals surface area contributed by atoms with Gasteiger partial charge in [-0.3, -0.25) is 4.98 Å². The Kier molecular flexibility index (Phi) is 6.62. The number of nitrogens with zero attached hydrogens (tertiary/aromatic N) is 6. The Balaban J connectivity index is 0.00000259. The summed E-state index contributed by atoms with van der Waals surface area (Å²) < 4.78 is 29.0. The van der Waals surface area contributed by atoms with E-state index in [-0.39, 0.29) is 29.6 Å². The van der Waals surface area contributed by atoms with E-state index in [0.29, 0.717) is 16.8 Å². The van der Waals surface area contributed by atoms with Crippen LogP contribution in [0.5, 0.6) is 0 Å². The first kappa shape index (κ1) is 22.8. The molecule has 170 valence electrons. The van der Waals surface area contributed by atoms with Crippen LogP contribution in [0.1, 0.15) is 0 Å². The van der Waals surface area contributed by atoms with Crippen LogP contribution in [0, 0.1) is 11.6 Å². The molecule has 5 rings (SSSR count). The number of hydrogen-bond acceptors (Lipinski definition) is 7. The lowest BCUT2D eigenvalue weighted by molar-refractivity contribution is 0.313. The van der Waals surface area contributed by atoms with E-state index < -0.39 is 11.6 Å². The SMILES string of the molecule is CN1CCN(c2ccc(Nc3ncc(F)c(-c4cc(F)c5ncccc5c4)n3)nc2)CC1.Cl. The van der Waals surface area contributed by atoms with Crippen molar-refractivity contribution in [2.45, 2.75) is 0 Å². The van der Waals surface area contributed by atoms with E-state index >= 15 is 0 Å². The van der Waals surface area contributed by atoms with Gasteiger partial charge in [-0.15, -0.1) is 12.4 Å². The second-order valence-electron chi connectivity index (χ2n) is 7.74. The summed E-state index contributed by atoms with van der Waals surface area (Å²) in [4.78, 5) is 21.3. The van der Waals surface area contributed by atoms with E-state index in [1.165, 1.54) is 12.3 Å². The minimum atomic E-state index is -0.642. The van der Waals surface area contributed by atoms with Gasteiger partial charge >= 0.3 is 0 Å². The summed E-state index contributed by atoms with van der Waals surface area (Å²) in [6.07, 6.45) is 4.37. The molecule has 0 unspecified atom stereocenters. The highest BCUT2D eigenvalue weighted by Crippen LogP contribution is 2.27. The van der Waals surface area contributed by atoms with E-state index in [2.05, 4.69) is 42.1 Å². The third-order valence-corrected chi connectivity index (χ3v) is 5.53. The first-order valence-corrected chi connectivity index (χ1v) is 10.3. The molecule has 0 bridgehead atoms. The molecule has 0 radical (unpaired) electrons. The molecular formula is C23H22ClF2N7. The van der Waals surface area contributed by atoms with Gasteiger partial charge in [0.2, 0.25) is 5.95 Å². The Bertz CT molecular complexity index is 1260. The molecule has 10 heteroatoms. The van der Waals surface area contributed by atoms with Crippen LogP contribution < -0.4 is 10.2 Å². The molecule has 1 fully saturated rings. The number of halogens is 3. The molecule has 4 heterocycles. The third kappa shape index (κ3) is 4.84. The van der Waals surface area contributed by atoms with Crippen LogP contribution in [-0.2, 0) is 0 Å². The Labute approximate surface area is 195 Å². The minimum Gasteiger partial charge on any atom is -0.368 e. The molecule has 1 aromatic carbocycles. The van der Waals surface area contributed by atoms with Crippen molar-refractivity contribution in [1.82, 2.24) is 24.8 Å². The number of rotatable bonds is 4. The van der Waals surface area contributed by atoms with Crippen LogP contribution in [-0.4, -0.2) is 58.1 Å². The quantitative estimate of drug-likeness (QED) is 0.478. The van der Waals surface area contributed by atoms with Gasteiger partial charge in [0.15, 0.2) is 5.82 Å². The van der Waals surface area contributed by atoms with E-state index in [9.17, 15) is 8.78 Å². The Hall–Kier alpha value is -3.43. The van der Waals surface area contributed by atoms with Gasteiger partial charge in [0, 0.05) is 43.3 Å². The topological polar surface area (TPSA) is 70.1 Å². The van der Waals surface area contributed by atoms with Crippen molar-refractivity contribution in [3.8, 4) is 11.3 Å². The molecule has 7 nitrogen and oxygen atoms in total. The zero-order valence-electron chi connectivity index (χ0n) is 17.9. The Morgan fingerprint density at radius 1 is 0.909 bits per heavy atom. The largest absolute Gasteiger partial charge is 0.368 e. The fourth-order valence-corrected chi connectivity index (χ4v) is 3.74. The van der Waals surface area contributed by atoms with Crippen LogP contribution in [0.15, 0.2) is 55.0 Å². The summed E-state index contributed by atoms with van der Waals surface area (Å²) in [5.41, 5.74) is 1.59. The molecular weight excluding hydrogens is 448 g/mol. The maximum Gasteiger partial charge on any atom is 0.229 e. The van der Waals surface area contributed by atoms with E-state index in [1.54, 1.807) is 24.4 Å². The molecule has 0 saturated carbocycles. The number of piperazine rings is 1. The Morgan fingerprint density at radius 2 is 1.73 bits per heavy atom.